The van der Waals surface area contributed by atoms with Crippen LogP contribution in [0.5, 0.6) is 0 Å². The van der Waals surface area contributed by atoms with Gasteiger partial charge in [-0.2, -0.15) is 0 Å². The van der Waals surface area contributed by atoms with Crippen molar-refractivity contribution in [3.8, 4) is 0 Å². The highest BCUT2D eigenvalue weighted by Crippen LogP contribution is 2.17. The lowest BCUT2D eigenvalue weighted by atomic mass is 10.3. The third kappa shape index (κ3) is 4.58. The molecule has 0 unspecified atom stereocenters. The standard InChI is InChI=1S/C12H15NO4S/c1-3-17-12(16)13(2)7-10-6-9(8-18-10)4-5-11(14)15/h4-6,8H,3,7H2,1-2H3,(H,14,15). The Morgan fingerprint density at radius 2 is 2.28 bits per heavy atom. The Balaban J connectivity index is 2.58. The molecule has 1 aromatic heterocycles. The maximum absolute atomic E-state index is 11.4. The van der Waals surface area contributed by atoms with Crippen LogP contribution < -0.4 is 0 Å². The highest BCUT2D eigenvalue weighted by Gasteiger charge is 2.10. The number of carbonyl (C=O) groups excluding carboxylic acids is 1. The Hall–Kier alpha value is -1.82. The zero-order valence-corrected chi connectivity index (χ0v) is 11.1. The van der Waals surface area contributed by atoms with Crippen LogP contribution in [0.25, 0.3) is 6.08 Å². The van der Waals surface area contributed by atoms with Crippen LogP contribution in [0.3, 0.4) is 0 Å². The van der Waals surface area contributed by atoms with E-state index in [9.17, 15) is 9.59 Å². The van der Waals surface area contributed by atoms with E-state index in [-0.39, 0.29) is 6.09 Å². The Morgan fingerprint density at radius 1 is 1.56 bits per heavy atom. The maximum Gasteiger partial charge on any atom is 0.409 e. The summed E-state index contributed by atoms with van der Waals surface area (Å²) in [5.41, 5.74) is 0.814. The number of aliphatic carboxylic acids is 1. The van der Waals surface area contributed by atoms with Crippen LogP contribution in [-0.2, 0) is 16.1 Å². The largest absolute Gasteiger partial charge is 0.478 e. The molecule has 98 valence electrons. The van der Waals surface area contributed by atoms with Gasteiger partial charge in [0.2, 0.25) is 0 Å². The Kier molecular flexibility index (Phi) is 5.38. The summed E-state index contributed by atoms with van der Waals surface area (Å²) < 4.78 is 4.86. The average Bonchev–Trinajstić information content (AvgIpc) is 2.74. The molecule has 0 bridgehead atoms. The first-order chi connectivity index (χ1) is 8.52. The van der Waals surface area contributed by atoms with E-state index < -0.39 is 5.97 Å². The van der Waals surface area contributed by atoms with Crippen molar-refractivity contribution in [2.75, 3.05) is 13.7 Å². The summed E-state index contributed by atoms with van der Waals surface area (Å²) in [5, 5.41) is 10.3. The van der Waals surface area contributed by atoms with Crippen molar-refractivity contribution >= 4 is 29.5 Å². The monoisotopic (exact) mass is 269 g/mol. The zero-order valence-electron chi connectivity index (χ0n) is 10.3. The predicted octanol–water partition coefficient (Wildman–Crippen LogP) is 2.43. The molecule has 6 heteroatoms. The van der Waals surface area contributed by atoms with Gasteiger partial charge < -0.3 is 14.7 Å². The minimum atomic E-state index is -0.980. The molecule has 1 heterocycles. The van der Waals surface area contributed by atoms with E-state index in [4.69, 9.17) is 9.84 Å². The molecule has 1 amide bonds. The van der Waals surface area contributed by atoms with Crippen molar-refractivity contribution in [3.63, 3.8) is 0 Å². The number of nitrogens with zero attached hydrogens (tertiary/aromatic N) is 1. The molecule has 0 atom stereocenters. The maximum atomic E-state index is 11.4. The average molecular weight is 269 g/mol. The second-order valence-corrected chi connectivity index (χ2v) is 4.57. The van der Waals surface area contributed by atoms with Gasteiger partial charge in [-0.3, -0.25) is 0 Å². The van der Waals surface area contributed by atoms with Crippen LogP contribution in [0.2, 0.25) is 0 Å². The molecule has 0 radical (unpaired) electrons. The van der Waals surface area contributed by atoms with Crippen LogP contribution in [-0.4, -0.2) is 35.7 Å². The molecule has 0 fully saturated rings. The SMILES string of the molecule is CCOC(=O)N(C)Cc1cc(C=CC(=O)O)cs1. The van der Waals surface area contributed by atoms with Crippen LogP contribution in [0.15, 0.2) is 17.5 Å². The van der Waals surface area contributed by atoms with Crippen molar-refractivity contribution in [1.82, 2.24) is 4.90 Å². The Bertz CT molecular complexity index is 453. The number of thiophene rings is 1. The molecule has 0 aliphatic rings. The molecule has 0 aromatic carbocycles. The van der Waals surface area contributed by atoms with E-state index in [1.165, 1.54) is 22.3 Å². The van der Waals surface area contributed by atoms with E-state index >= 15 is 0 Å². The van der Waals surface area contributed by atoms with Gasteiger partial charge in [-0.05, 0) is 30.0 Å². The van der Waals surface area contributed by atoms with E-state index in [2.05, 4.69) is 0 Å². The molecule has 0 aliphatic carbocycles. The van der Waals surface area contributed by atoms with Gasteiger partial charge in [0.05, 0.1) is 13.2 Å². The van der Waals surface area contributed by atoms with Crippen molar-refractivity contribution in [2.45, 2.75) is 13.5 Å². The summed E-state index contributed by atoms with van der Waals surface area (Å²) in [5.74, 6) is -0.980. The van der Waals surface area contributed by atoms with E-state index in [0.717, 1.165) is 16.5 Å². The van der Waals surface area contributed by atoms with Crippen LogP contribution >= 0.6 is 11.3 Å². The molecule has 1 N–H and O–H groups in total. The second-order valence-electron chi connectivity index (χ2n) is 3.57. The summed E-state index contributed by atoms with van der Waals surface area (Å²) in [4.78, 5) is 24.2. The van der Waals surface area contributed by atoms with E-state index in [0.29, 0.717) is 13.2 Å². The molecule has 1 aromatic rings. The fourth-order valence-corrected chi connectivity index (χ4v) is 2.17. The van der Waals surface area contributed by atoms with Gasteiger partial charge in [0.1, 0.15) is 0 Å². The number of carboxylic acids is 1. The van der Waals surface area contributed by atoms with Crippen molar-refractivity contribution < 1.29 is 19.4 Å². The molecule has 0 saturated carbocycles. The summed E-state index contributed by atoms with van der Waals surface area (Å²) >= 11 is 1.47. The molecule has 0 saturated heterocycles. The number of carbonyl (C=O) groups is 2. The van der Waals surface area contributed by atoms with E-state index in [1.807, 2.05) is 11.4 Å². The third-order valence-electron chi connectivity index (χ3n) is 2.06. The molecule has 0 aliphatic heterocycles. The van der Waals surface area contributed by atoms with Gasteiger partial charge >= 0.3 is 12.1 Å². The van der Waals surface area contributed by atoms with Crippen molar-refractivity contribution in [3.05, 3.63) is 28.0 Å². The fourth-order valence-electron chi connectivity index (χ4n) is 1.27. The third-order valence-corrected chi connectivity index (χ3v) is 3.00. The highest BCUT2D eigenvalue weighted by molar-refractivity contribution is 7.10. The topological polar surface area (TPSA) is 66.8 Å². The molecule has 18 heavy (non-hydrogen) atoms. The van der Waals surface area contributed by atoms with Crippen LogP contribution in [0, 0.1) is 0 Å². The quantitative estimate of drug-likeness (QED) is 0.834. The summed E-state index contributed by atoms with van der Waals surface area (Å²) in [6.07, 6.45) is 2.24. The molecule has 0 spiro atoms. The smallest absolute Gasteiger partial charge is 0.409 e. The molecule has 1 rings (SSSR count). The molecule has 5 nitrogen and oxygen atoms in total. The number of rotatable bonds is 5. The number of carboxylic acid groups (broad SMARTS) is 1. The first kappa shape index (κ1) is 14.2. The van der Waals surface area contributed by atoms with Gasteiger partial charge in [-0.25, -0.2) is 9.59 Å². The fraction of sp³-hybridized carbons (Fsp3) is 0.333. The van der Waals surface area contributed by atoms with Crippen LogP contribution in [0.4, 0.5) is 4.79 Å². The van der Waals surface area contributed by atoms with Crippen molar-refractivity contribution in [1.29, 1.82) is 0 Å². The Morgan fingerprint density at radius 3 is 2.89 bits per heavy atom. The highest BCUT2D eigenvalue weighted by atomic mass is 32.1. The van der Waals surface area contributed by atoms with Gasteiger partial charge in [-0.1, -0.05) is 0 Å². The lowest BCUT2D eigenvalue weighted by Crippen LogP contribution is -2.26. The number of ether oxygens (including phenoxy) is 1. The minimum Gasteiger partial charge on any atom is -0.478 e. The van der Waals surface area contributed by atoms with E-state index in [1.54, 1.807) is 14.0 Å². The van der Waals surface area contributed by atoms with Gasteiger partial charge in [-0.15, -0.1) is 11.3 Å². The predicted molar refractivity (Wildman–Crippen MR) is 69.5 cm³/mol. The molecular formula is C12H15NO4S. The minimum absolute atomic E-state index is 0.347. The number of hydrogen-bond donors (Lipinski definition) is 1. The Labute approximate surface area is 109 Å². The molecular weight excluding hydrogens is 254 g/mol. The van der Waals surface area contributed by atoms with Gasteiger partial charge in [0, 0.05) is 18.0 Å². The summed E-state index contributed by atoms with van der Waals surface area (Å²) in [6, 6.07) is 1.85. The zero-order chi connectivity index (χ0) is 13.5. The van der Waals surface area contributed by atoms with Gasteiger partial charge in [0.25, 0.3) is 0 Å². The first-order valence-electron chi connectivity index (χ1n) is 5.39. The second kappa shape index (κ2) is 6.80. The lowest BCUT2D eigenvalue weighted by Gasteiger charge is -2.14. The lowest BCUT2D eigenvalue weighted by molar-refractivity contribution is -0.131. The summed E-state index contributed by atoms with van der Waals surface area (Å²) in [6.45, 7) is 2.55. The van der Waals surface area contributed by atoms with Gasteiger partial charge in [0.15, 0.2) is 0 Å². The number of amides is 1. The summed E-state index contributed by atoms with van der Waals surface area (Å²) in [7, 11) is 1.66. The number of hydrogen-bond acceptors (Lipinski definition) is 4. The van der Waals surface area contributed by atoms with Crippen LogP contribution in [0.1, 0.15) is 17.4 Å². The first-order valence-corrected chi connectivity index (χ1v) is 6.27. The normalized spacial score (nSPS) is 10.6. The van der Waals surface area contributed by atoms with Crippen molar-refractivity contribution in [2.24, 2.45) is 0 Å².